The quantitative estimate of drug-likeness (QED) is 0.463. The molecular weight excluding hydrogens is 246 g/mol. The highest BCUT2D eigenvalue weighted by Crippen LogP contribution is 2.27. The average molecular weight is 259 g/mol. The van der Waals surface area contributed by atoms with Gasteiger partial charge in [0.05, 0.1) is 5.92 Å². The zero-order valence-electron chi connectivity index (χ0n) is 10.4. The summed E-state index contributed by atoms with van der Waals surface area (Å²) in [6.45, 7) is 1.86. The SMILES string of the molecule is C[C@@H]1C(=O)N(C(=O)/C=C/c2ccccc2)[C@H]1OC=O. The zero-order chi connectivity index (χ0) is 13.8. The van der Waals surface area contributed by atoms with Gasteiger partial charge in [-0.3, -0.25) is 14.4 Å². The van der Waals surface area contributed by atoms with E-state index in [0.717, 1.165) is 10.5 Å². The van der Waals surface area contributed by atoms with Crippen LogP contribution in [-0.2, 0) is 19.1 Å². The molecule has 2 atom stereocenters. The Labute approximate surface area is 110 Å². The Bertz CT molecular complexity index is 524. The summed E-state index contributed by atoms with van der Waals surface area (Å²) in [5, 5.41) is 0. The van der Waals surface area contributed by atoms with E-state index in [1.807, 2.05) is 30.3 Å². The number of ether oxygens (including phenoxy) is 1. The molecule has 0 saturated carbocycles. The number of hydrogen-bond donors (Lipinski definition) is 0. The lowest BCUT2D eigenvalue weighted by Crippen LogP contribution is -2.62. The van der Waals surface area contributed by atoms with Crippen LogP contribution < -0.4 is 0 Å². The molecule has 0 aliphatic carbocycles. The number of imide groups is 1. The molecule has 5 heteroatoms. The number of nitrogens with zero attached hydrogens (tertiary/aromatic N) is 1. The topological polar surface area (TPSA) is 63.7 Å². The van der Waals surface area contributed by atoms with Crippen LogP contribution in [0.5, 0.6) is 0 Å². The first-order valence-electron chi connectivity index (χ1n) is 5.84. The maximum atomic E-state index is 11.9. The van der Waals surface area contributed by atoms with Crippen LogP contribution in [0.1, 0.15) is 12.5 Å². The number of benzene rings is 1. The van der Waals surface area contributed by atoms with Crippen LogP contribution in [0.15, 0.2) is 36.4 Å². The largest absolute Gasteiger partial charge is 0.442 e. The van der Waals surface area contributed by atoms with Gasteiger partial charge in [0.25, 0.3) is 12.4 Å². The van der Waals surface area contributed by atoms with Gasteiger partial charge >= 0.3 is 0 Å². The van der Waals surface area contributed by atoms with Crippen LogP contribution in [-0.4, -0.2) is 29.4 Å². The van der Waals surface area contributed by atoms with Crippen molar-refractivity contribution in [2.24, 2.45) is 5.92 Å². The minimum absolute atomic E-state index is 0.245. The summed E-state index contributed by atoms with van der Waals surface area (Å²) in [6.07, 6.45) is 2.11. The lowest BCUT2D eigenvalue weighted by molar-refractivity contribution is -0.191. The summed E-state index contributed by atoms with van der Waals surface area (Å²) in [6, 6.07) is 9.24. The number of carbonyl (C=O) groups is 3. The van der Waals surface area contributed by atoms with Crippen LogP contribution in [0, 0.1) is 5.92 Å². The van der Waals surface area contributed by atoms with Gasteiger partial charge in [0.15, 0.2) is 6.23 Å². The predicted molar refractivity (Wildman–Crippen MR) is 67.4 cm³/mol. The van der Waals surface area contributed by atoms with Crippen molar-refractivity contribution in [2.75, 3.05) is 0 Å². The first-order chi connectivity index (χ1) is 9.15. The molecule has 1 aromatic carbocycles. The highest BCUT2D eigenvalue weighted by molar-refractivity contribution is 6.07. The lowest BCUT2D eigenvalue weighted by atomic mass is 9.98. The second kappa shape index (κ2) is 5.48. The second-order valence-electron chi connectivity index (χ2n) is 4.20. The Balaban J connectivity index is 2.06. The molecular formula is C14H13NO4. The van der Waals surface area contributed by atoms with Crippen LogP contribution in [0.3, 0.4) is 0 Å². The smallest absolute Gasteiger partial charge is 0.295 e. The molecule has 5 nitrogen and oxygen atoms in total. The van der Waals surface area contributed by atoms with Crippen molar-refractivity contribution in [3.8, 4) is 0 Å². The monoisotopic (exact) mass is 259 g/mol. The van der Waals surface area contributed by atoms with Gasteiger partial charge in [0, 0.05) is 6.08 Å². The molecule has 19 heavy (non-hydrogen) atoms. The van der Waals surface area contributed by atoms with E-state index in [2.05, 4.69) is 0 Å². The fraction of sp³-hybridized carbons (Fsp3) is 0.214. The van der Waals surface area contributed by atoms with E-state index in [0.29, 0.717) is 0 Å². The first-order valence-corrected chi connectivity index (χ1v) is 5.84. The van der Waals surface area contributed by atoms with Crippen molar-refractivity contribution in [2.45, 2.75) is 13.2 Å². The lowest BCUT2D eigenvalue weighted by Gasteiger charge is -2.41. The predicted octanol–water partition coefficient (Wildman–Crippen LogP) is 1.20. The third-order valence-electron chi connectivity index (χ3n) is 2.96. The van der Waals surface area contributed by atoms with Crippen LogP contribution in [0.4, 0.5) is 0 Å². The van der Waals surface area contributed by atoms with E-state index in [4.69, 9.17) is 4.74 Å². The Morgan fingerprint density at radius 2 is 2.00 bits per heavy atom. The molecule has 98 valence electrons. The summed E-state index contributed by atoms with van der Waals surface area (Å²) >= 11 is 0. The molecule has 1 aliphatic heterocycles. The van der Waals surface area contributed by atoms with Gasteiger partial charge in [-0.1, -0.05) is 30.3 Å². The fourth-order valence-electron chi connectivity index (χ4n) is 1.89. The molecule has 1 saturated heterocycles. The molecule has 1 aliphatic rings. The highest BCUT2D eigenvalue weighted by atomic mass is 16.5. The molecule has 2 amide bonds. The van der Waals surface area contributed by atoms with E-state index in [-0.39, 0.29) is 12.4 Å². The van der Waals surface area contributed by atoms with Crippen LogP contribution in [0.2, 0.25) is 0 Å². The zero-order valence-corrected chi connectivity index (χ0v) is 10.4. The Morgan fingerprint density at radius 3 is 2.63 bits per heavy atom. The summed E-state index contributed by atoms with van der Waals surface area (Å²) in [5.74, 6) is -1.30. The molecule has 0 aromatic heterocycles. The standard InChI is InChI=1S/C14H13NO4/c1-10-13(18)15(14(10)19-9-16)12(17)8-7-11-5-3-2-4-6-11/h2-10,14H,1H3/b8-7+/t10-,14+/m1/s1. The molecule has 1 aromatic rings. The minimum Gasteiger partial charge on any atom is -0.442 e. The molecule has 1 fully saturated rings. The summed E-state index contributed by atoms with van der Waals surface area (Å²) in [4.78, 5) is 34.7. The maximum Gasteiger partial charge on any atom is 0.295 e. The molecule has 0 N–H and O–H groups in total. The van der Waals surface area contributed by atoms with Crippen molar-refractivity contribution in [1.29, 1.82) is 0 Å². The number of amides is 2. The highest BCUT2D eigenvalue weighted by Gasteiger charge is 2.49. The minimum atomic E-state index is -0.794. The van der Waals surface area contributed by atoms with Crippen LogP contribution in [0.25, 0.3) is 6.08 Å². The van der Waals surface area contributed by atoms with Crippen molar-refractivity contribution >= 4 is 24.4 Å². The van der Waals surface area contributed by atoms with Crippen LogP contribution >= 0.6 is 0 Å². The van der Waals surface area contributed by atoms with Gasteiger partial charge in [0.1, 0.15) is 0 Å². The van der Waals surface area contributed by atoms with E-state index in [9.17, 15) is 14.4 Å². The Hall–Kier alpha value is -2.43. The first kappa shape index (κ1) is 13.0. The molecule has 0 spiro atoms. The van der Waals surface area contributed by atoms with Gasteiger partial charge in [0.2, 0.25) is 5.91 Å². The Morgan fingerprint density at radius 1 is 1.32 bits per heavy atom. The number of hydrogen-bond acceptors (Lipinski definition) is 4. The normalized spacial score (nSPS) is 22.2. The number of rotatable bonds is 4. The molecule has 0 bridgehead atoms. The molecule has 0 radical (unpaired) electrons. The molecule has 2 rings (SSSR count). The third kappa shape index (κ3) is 2.54. The van der Waals surface area contributed by atoms with Crippen molar-refractivity contribution in [3.63, 3.8) is 0 Å². The number of β-lactam (4-membered cyclic amide) rings is 1. The van der Waals surface area contributed by atoms with Gasteiger partial charge in [-0.05, 0) is 18.6 Å². The Kier molecular flexibility index (Phi) is 3.75. The second-order valence-corrected chi connectivity index (χ2v) is 4.20. The third-order valence-corrected chi connectivity index (χ3v) is 2.96. The van der Waals surface area contributed by atoms with Gasteiger partial charge in [-0.15, -0.1) is 0 Å². The molecule has 1 heterocycles. The average Bonchev–Trinajstić information content (AvgIpc) is 2.45. The van der Waals surface area contributed by atoms with E-state index < -0.39 is 18.1 Å². The molecule has 0 unspecified atom stereocenters. The summed E-state index contributed by atoms with van der Waals surface area (Å²) < 4.78 is 4.72. The van der Waals surface area contributed by atoms with Crippen molar-refractivity contribution in [1.82, 2.24) is 4.90 Å². The number of carbonyl (C=O) groups excluding carboxylic acids is 3. The van der Waals surface area contributed by atoms with Gasteiger partial charge in [-0.2, -0.15) is 0 Å². The van der Waals surface area contributed by atoms with E-state index >= 15 is 0 Å². The summed E-state index contributed by atoms with van der Waals surface area (Å²) in [5.41, 5.74) is 0.852. The van der Waals surface area contributed by atoms with Gasteiger partial charge < -0.3 is 4.74 Å². The fourth-order valence-corrected chi connectivity index (χ4v) is 1.89. The van der Waals surface area contributed by atoms with E-state index in [1.165, 1.54) is 6.08 Å². The van der Waals surface area contributed by atoms with Crippen molar-refractivity contribution < 1.29 is 19.1 Å². The van der Waals surface area contributed by atoms with Crippen molar-refractivity contribution in [3.05, 3.63) is 42.0 Å². The maximum absolute atomic E-state index is 11.9. The summed E-state index contributed by atoms with van der Waals surface area (Å²) in [7, 11) is 0. The number of likely N-dealkylation sites (tertiary alicyclic amines) is 1. The van der Waals surface area contributed by atoms with E-state index in [1.54, 1.807) is 13.0 Å². The van der Waals surface area contributed by atoms with Gasteiger partial charge in [-0.25, -0.2) is 4.90 Å².